The molecule has 0 aromatic heterocycles. The van der Waals surface area contributed by atoms with Gasteiger partial charge in [-0.25, -0.2) is 4.79 Å². The van der Waals surface area contributed by atoms with Gasteiger partial charge in [-0.05, 0) is 80.4 Å². The third-order valence-electron chi connectivity index (χ3n) is 7.36. The second kappa shape index (κ2) is 7.22. The molecule has 1 aliphatic heterocycles. The molecule has 7 nitrogen and oxygen atoms in total. The summed E-state index contributed by atoms with van der Waals surface area (Å²) < 4.78 is 5.94. The van der Waals surface area contributed by atoms with Crippen LogP contribution in [-0.2, 0) is 9.53 Å². The van der Waals surface area contributed by atoms with Gasteiger partial charge in [0.1, 0.15) is 6.10 Å². The zero-order chi connectivity index (χ0) is 21.0. The fraction of sp³-hybridized carbons (Fsp3) is 0.565. The van der Waals surface area contributed by atoms with E-state index in [-0.39, 0.29) is 42.2 Å². The minimum atomic E-state index is -0.971. The number of esters is 1. The van der Waals surface area contributed by atoms with Gasteiger partial charge in [0.25, 0.3) is 11.8 Å². The number of imide groups is 1. The predicted octanol–water partition coefficient (Wildman–Crippen LogP) is 3.13. The van der Waals surface area contributed by atoms with Gasteiger partial charge in [0.05, 0.1) is 16.7 Å². The van der Waals surface area contributed by atoms with Crippen LogP contribution >= 0.6 is 0 Å². The first-order valence-corrected chi connectivity index (χ1v) is 10.8. The van der Waals surface area contributed by atoms with Gasteiger partial charge in [0.2, 0.25) is 0 Å². The molecular formula is C23H25NO6. The molecular weight excluding hydrogens is 386 g/mol. The van der Waals surface area contributed by atoms with Crippen LogP contribution in [0.1, 0.15) is 76.0 Å². The summed E-state index contributed by atoms with van der Waals surface area (Å²) in [5.41, 5.74) is 0.729. The highest BCUT2D eigenvalue weighted by Gasteiger charge is 2.50. The highest BCUT2D eigenvalue weighted by atomic mass is 16.5. The van der Waals surface area contributed by atoms with Crippen molar-refractivity contribution in [2.75, 3.05) is 6.54 Å². The number of amides is 2. The molecule has 0 unspecified atom stereocenters. The van der Waals surface area contributed by atoms with Crippen molar-refractivity contribution in [3.63, 3.8) is 0 Å². The molecule has 1 aromatic carbocycles. The largest absolute Gasteiger partial charge is 0.481 e. The van der Waals surface area contributed by atoms with Crippen LogP contribution in [0.4, 0.5) is 0 Å². The van der Waals surface area contributed by atoms with Crippen LogP contribution in [-0.4, -0.2) is 46.4 Å². The molecule has 158 valence electrons. The molecule has 4 fully saturated rings. The molecule has 4 aliphatic carbocycles. The Morgan fingerprint density at radius 2 is 1.60 bits per heavy atom. The van der Waals surface area contributed by atoms with E-state index < -0.39 is 23.8 Å². The smallest absolute Gasteiger partial charge is 0.338 e. The average molecular weight is 411 g/mol. The molecule has 5 aliphatic rings. The number of nitrogens with zero attached hydrogens (tertiary/aromatic N) is 1. The monoisotopic (exact) mass is 411 g/mol. The molecule has 1 N–H and O–H groups in total. The number of carbonyl (C=O) groups excluding carboxylic acids is 3. The lowest BCUT2D eigenvalue weighted by atomic mass is 9.55. The van der Waals surface area contributed by atoms with Crippen LogP contribution in [0.5, 0.6) is 0 Å². The van der Waals surface area contributed by atoms with Crippen molar-refractivity contribution in [2.45, 2.75) is 51.0 Å². The van der Waals surface area contributed by atoms with E-state index in [0.29, 0.717) is 11.8 Å². The van der Waals surface area contributed by atoms with Gasteiger partial charge in [0, 0.05) is 13.0 Å². The number of carbonyl (C=O) groups is 4. The molecule has 4 bridgehead atoms. The molecule has 2 amide bonds. The van der Waals surface area contributed by atoms with Gasteiger partial charge in [-0.15, -0.1) is 0 Å². The Balaban J connectivity index is 1.29. The van der Waals surface area contributed by atoms with E-state index in [0.717, 1.165) is 42.4 Å². The lowest BCUT2D eigenvalue weighted by molar-refractivity contribution is -0.137. The summed E-state index contributed by atoms with van der Waals surface area (Å²) in [5, 5.41) is 8.76. The van der Waals surface area contributed by atoms with E-state index >= 15 is 0 Å². The summed E-state index contributed by atoms with van der Waals surface area (Å²) in [4.78, 5) is 49.7. The van der Waals surface area contributed by atoms with E-state index in [4.69, 9.17) is 9.84 Å². The van der Waals surface area contributed by atoms with Crippen LogP contribution in [0.15, 0.2) is 18.2 Å². The van der Waals surface area contributed by atoms with E-state index in [1.165, 1.54) is 18.6 Å². The van der Waals surface area contributed by atoms with E-state index in [2.05, 4.69) is 0 Å². The second-order valence-electron chi connectivity index (χ2n) is 9.32. The second-order valence-corrected chi connectivity index (χ2v) is 9.32. The third kappa shape index (κ3) is 3.20. The standard InChI is InChI=1S/C23H25NO6/c25-19(26)2-1-5-24-21(27)17-4-3-14(11-18(17)22(24)28)23(29)30-20-15-7-12-6-13(9-15)10-16(20)8-12/h3-4,11-13,15-16,20H,1-2,5-10H2,(H,25,26). The number of fused-ring (bicyclic) bond motifs is 1. The first-order valence-electron chi connectivity index (χ1n) is 10.8. The minimum Gasteiger partial charge on any atom is -0.481 e. The van der Waals surface area contributed by atoms with Gasteiger partial charge in [0.15, 0.2) is 0 Å². The van der Waals surface area contributed by atoms with Crippen LogP contribution < -0.4 is 0 Å². The number of hydrogen-bond acceptors (Lipinski definition) is 5. The number of carboxylic acid groups (broad SMARTS) is 1. The first kappa shape index (κ1) is 19.3. The number of carboxylic acids is 1. The van der Waals surface area contributed by atoms with Crippen molar-refractivity contribution in [1.29, 1.82) is 0 Å². The quantitative estimate of drug-likeness (QED) is 0.570. The molecule has 0 atom stereocenters. The molecule has 30 heavy (non-hydrogen) atoms. The lowest BCUT2D eigenvalue weighted by Gasteiger charge is -2.53. The summed E-state index contributed by atoms with van der Waals surface area (Å²) in [5.74, 6) is 0.156. The summed E-state index contributed by atoms with van der Waals surface area (Å²) in [6, 6.07) is 4.49. The summed E-state index contributed by atoms with van der Waals surface area (Å²) in [7, 11) is 0. The number of benzene rings is 1. The van der Waals surface area contributed by atoms with Crippen molar-refractivity contribution < 1.29 is 29.0 Å². The molecule has 0 saturated heterocycles. The number of rotatable bonds is 6. The highest BCUT2D eigenvalue weighted by Crippen LogP contribution is 2.54. The summed E-state index contributed by atoms with van der Waals surface area (Å²) >= 11 is 0. The van der Waals surface area contributed by atoms with Crippen molar-refractivity contribution in [3.8, 4) is 0 Å². The molecule has 6 rings (SSSR count). The highest BCUT2D eigenvalue weighted by molar-refractivity contribution is 6.21. The van der Waals surface area contributed by atoms with Crippen LogP contribution in [0.25, 0.3) is 0 Å². The Bertz CT molecular complexity index is 910. The summed E-state index contributed by atoms with van der Waals surface area (Å²) in [6.45, 7) is 0.0478. The minimum absolute atomic E-state index is 0.0385. The Morgan fingerprint density at radius 1 is 0.967 bits per heavy atom. The van der Waals surface area contributed by atoms with Gasteiger partial charge in [-0.1, -0.05) is 0 Å². The number of aliphatic carboxylic acids is 1. The van der Waals surface area contributed by atoms with Gasteiger partial charge >= 0.3 is 11.9 Å². The Labute approximate surface area is 174 Å². The normalized spacial score (nSPS) is 31.2. The molecule has 7 heteroatoms. The van der Waals surface area contributed by atoms with E-state index in [1.54, 1.807) is 6.07 Å². The Hall–Kier alpha value is -2.70. The van der Waals surface area contributed by atoms with Gasteiger partial charge in [-0.2, -0.15) is 0 Å². The zero-order valence-corrected chi connectivity index (χ0v) is 16.7. The van der Waals surface area contributed by atoms with Crippen molar-refractivity contribution in [2.24, 2.45) is 23.7 Å². The number of hydrogen-bond donors (Lipinski definition) is 1. The molecule has 0 radical (unpaired) electrons. The van der Waals surface area contributed by atoms with Crippen LogP contribution in [0.2, 0.25) is 0 Å². The first-order chi connectivity index (χ1) is 14.4. The lowest BCUT2D eigenvalue weighted by Crippen LogP contribution is -2.50. The SMILES string of the molecule is O=C(O)CCCN1C(=O)c2ccc(C(=O)OC3C4CC5CC(C4)CC3C5)cc2C1=O. The molecule has 1 aromatic rings. The fourth-order valence-corrected chi connectivity index (χ4v) is 6.27. The van der Waals surface area contributed by atoms with Gasteiger partial charge < -0.3 is 9.84 Å². The predicted molar refractivity (Wildman–Crippen MR) is 105 cm³/mol. The van der Waals surface area contributed by atoms with Crippen LogP contribution in [0, 0.1) is 23.7 Å². The molecule has 1 heterocycles. The summed E-state index contributed by atoms with van der Waals surface area (Å²) in [6.07, 6.45) is 5.96. The fourth-order valence-electron chi connectivity index (χ4n) is 6.27. The zero-order valence-electron chi connectivity index (χ0n) is 16.7. The topological polar surface area (TPSA) is 101 Å². The molecule has 4 saturated carbocycles. The Morgan fingerprint density at radius 3 is 2.23 bits per heavy atom. The maximum atomic E-state index is 12.9. The van der Waals surface area contributed by atoms with E-state index in [9.17, 15) is 19.2 Å². The van der Waals surface area contributed by atoms with Crippen molar-refractivity contribution >= 4 is 23.8 Å². The Kier molecular flexibility index (Phi) is 4.64. The van der Waals surface area contributed by atoms with E-state index in [1.807, 2.05) is 0 Å². The third-order valence-corrected chi connectivity index (χ3v) is 7.36. The maximum Gasteiger partial charge on any atom is 0.338 e. The maximum absolute atomic E-state index is 12.9. The molecule has 0 spiro atoms. The van der Waals surface area contributed by atoms with Crippen molar-refractivity contribution in [3.05, 3.63) is 34.9 Å². The van der Waals surface area contributed by atoms with Crippen LogP contribution in [0.3, 0.4) is 0 Å². The average Bonchev–Trinajstić information content (AvgIpc) is 2.94. The number of ether oxygens (including phenoxy) is 1. The van der Waals surface area contributed by atoms with Gasteiger partial charge in [-0.3, -0.25) is 19.3 Å². The van der Waals surface area contributed by atoms with Crippen molar-refractivity contribution in [1.82, 2.24) is 4.90 Å².